The minimum Gasteiger partial charge on any atom is -0.480 e. The molecule has 0 saturated heterocycles. The van der Waals surface area contributed by atoms with Crippen molar-refractivity contribution in [2.24, 2.45) is 0 Å². The lowest BCUT2D eigenvalue weighted by Gasteiger charge is -2.38. The summed E-state index contributed by atoms with van der Waals surface area (Å²) in [6.45, 7) is 5.77. The van der Waals surface area contributed by atoms with Gasteiger partial charge < -0.3 is 10.4 Å². The van der Waals surface area contributed by atoms with Crippen molar-refractivity contribution in [3.8, 4) is 0 Å². The van der Waals surface area contributed by atoms with E-state index < -0.39 is 17.4 Å². The molecular weight excluding hydrogens is 296 g/mol. The third-order valence-electron chi connectivity index (χ3n) is 4.46. The summed E-state index contributed by atoms with van der Waals surface area (Å²) < 4.78 is 1.80. The number of carboxylic acid groups (broad SMARTS) is 1. The molecule has 1 fully saturated rings. The van der Waals surface area contributed by atoms with Gasteiger partial charge in [0.1, 0.15) is 5.54 Å². The number of rotatable bonds is 4. The molecule has 23 heavy (non-hydrogen) atoms. The van der Waals surface area contributed by atoms with Crippen molar-refractivity contribution >= 4 is 22.9 Å². The van der Waals surface area contributed by atoms with Gasteiger partial charge in [0.2, 0.25) is 0 Å². The largest absolute Gasteiger partial charge is 0.480 e. The van der Waals surface area contributed by atoms with Crippen molar-refractivity contribution in [2.75, 3.05) is 0 Å². The lowest BCUT2D eigenvalue weighted by atomic mass is 9.76. The summed E-state index contributed by atoms with van der Waals surface area (Å²) in [5.41, 5.74) is 0.567. The molecule has 122 valence electrons. The highest BCUT2D eigenvalue weighted by Gasteiger charge is 2.46. The average Bonchev–Trinajstić information content (AvgIpc) is 2.84. The highest BCUT2D eigenvalue weighted by atomic mass is 16.4. The summed E-state index contributed by atoms with van der Waals surface area (Å²) in [7, 11) is 0. The van der Waals surface area contributed by atoms with Crippen molar-refractivity contribution in [2.45, 2.75) is 51.6 Å². The molecule has 0 atom stereocenters. The summed E-state index contributed by atoms with van der Waals surface area (Å²) in [6.07, 6.45) is 3.42. The van der Waals surface area contributed by atoms with E-state index in [0.717, 1.165) is 17.5 Å². The molecule has 1 saturated carbocycles. The second-order valence-corrected chi connectivity index (χ2v) is 6.41. The fourth-order valence-corrected chi connectivity index (χ4v) is 2.88. The Morgan fingerprint density at radius 1 is 1.39 bits per heavy atom. The molecule has 0 spiro atoms. The number of carboxylic acids is 1. The van der Waals surface area contributed by atoms with E-state index in [1.165, 1.54) is 0 Å². The Morgan fingerprint density at radius 2 is 2.09 bits per heavy atom. The normalized spacial score (nSPS) is 16.3. The first-order chi connectivity index (χ1) is 10.8. The van der Waals surface area contributed by atoms with Gasteiger partial charge in [0.25, 0.3) is 5.91 Å². The van der Waals surface area contributed by atoms with Gasteiger partial charge in [0.15, 0.2) is 5.65 Å². The maximum absolute atomic E-state index is 12.5. The number of fused-ring (bicyclic) bond motifs is 1. The van der Waals surface area contributed by atoms with Crippen molar-refractivity contribution in [1.29, 1.82) is 0 Å². The smallest absolute Gasteiger partial charge is 0.329 e. The van der Waals surface area contributed by atoms with Crippen molar-refractivity contribution in [3.05, 3.63) is 23.5 Å². The summed E-state index contributed by atoms with van der Waals surface area (Å²) in [4.78, 5) is 28.4. The first-order valence-electron chi connectivity index (χ1n) is 7.75. The van der Waals surface area contributed by atoms with Crippen molar-refractivity contribution in [3.63, 3.8) is 0 Å². The van der Waals surface area contributed by atoms with E-state index in [2.05, 4.69) is 15.4 Å². The van der Waals surface area contributed by atoms with Crippen LogP contribution in [0.3, 0.4) is 0 Å². The number of carbonyl (C=O) groups is 2. The number of hydrogen-bond donors (Lipinski definition) is 2. The number of aromatic nitrogens is 3. The van der Waals surface area contributed by atoms with E-state index in [4.69, 9.17) is 0 Å². The zero-order valence-corrected chi connectivity index (χ0v) is 13.5. The van der Waals surface area contributed by atoms with E-state index in [-0.39, 0.29) is 6.04 Å². The third kappa shape index (κ3) is 2.46. The van der Waals surface area contributed by atoms with Crippen LogP contribution in [0.5, 0.6) is 0 Å². The van der Waals surface area contributed by atoms with Crippen LogP contribution in [0, 0.1) is 6.92 Å². The second kappa shape index (κ2) is 5.33. The minimum atomic E-state index is -1.12. The second-order valence-electron chi connectivity index (χ2n) is 6.41. The average molecular weight is 316 g/mol. The molecule has 1 aliphatic carbocycles. The molecule has 1 amide bonds. The van der Waals surface area contributed by atoms with E-state index in [1.54, 1.807) is 23.9 Å². The third-order valence-corrected chi connectivity index (χ3v) is 4.46. The number of aliphatic carboxylic acids is 1. The van der Waals surface area contributed by atoms with Gasteiger partial charge in [-0.05, 0) is 46.1 Å². The molecule has 3 rings (SSSR count). The Balaban J connectivity index is 1.95. The topological polar surface area (TPSA) is 97.1 Å². The number of hydrogen-bond acceptors (Lipinski definition) is 4. The van der Waals surface area contributed by atoms with Gasteiger partial charge in [-0.25, -0.2) is 14.5 Å². The number of nitrogens with one attached hydrogen (secondary N) is 1. The Hall–Kier alpha value is -2.44. The van der Waals surface area contributed by atoms with Crippen LogP contribution in [0.15, 0.2) is 12.3 Å². The zero-order chi connectivity index (χ0) is 16.8. The monoisotopic (exact) mass is 316 g/mol. The molecule has 7 heteroatoms. The quantitative estimate of drug-likeness (QED) is 0.900. The van der Waals surface area contributed by atoms with E-state index in [0.29, 0.717) is 24.1 Å². The van der Waals surface area contributed by atoms with Crippen LogP contribution < -0.4 is 5.32 Å². The molecule has 7 nitrogen and oxygen atoms in total. The molecule has 2 aromatic rings. The first kappa shape index (κ1) is 15.5. The van der Waals surface area contributed by atoms with Crippen molar-refractivity contribution in [1.82, 2.24) is 20.1 Å². The van der Waals surface area contributed by atoms with Crippen LogP contribution >= 0.6 is 0 Å². The zero-order valence-electron chi connectivity index (χ0n) is 13.5. The van der Waals surface area contributed by atoms with Crippen LogP contribution in [-0.4, -0.2) is 37.3 Å². The predicted octanol–water partition coefficient (Wildman–Crippen LogP) is 2.06. The molecular formula is C16H20N4O3. The van der Waals surface area contributed by atoms with Crippen LogP contribution in [0.25, 0.3) is 11.0 Å². The highest BCUT2D eigenvalue weighted by Crippen LogP contribution is 2.32. The molecule has 0 unspecified atom stereocenters. The molecule has 0 aliphatic heterocycles. The predicted molar refractivity (Wildman–Crippen MR) is 84.3 cm³/mol. The number of amides is 1. The Labute approximate surface area is 133 Å². The van der Waals surface area contributed by atoms with Gasteiger partial charge in [0.05, 0.1) is 17.5 Å². The van der Waals surface area contributed by atoms with Gasteiger partial charge in [-0.1, -0.05) is 0 Å². The van der Waals surface area contributed by atoms with Gasteiger partial charge >= 0.3 is 5.97 Å². The summed E-state index contributed by atoms with van der Waals surface area (Å²) in [6, 6.07) is 1.90. The maximum Gasteiger partial charge on any atom is 0.329 e. The SMILES string of the molecule is Cc1nc2c(cnn2C(C)C)cc1C(=O)NC1(C(=O)O)CCC1. The molecule has 0 bridgehead atoms. The van der Waals surface area contributed by atoms with E-state index in [1.807, 2.05) is 13.8 Å². The Kier molecular flexibility index (Phi) is 3.58. The fourth-order valence-electron chi connectivity index (χ4n) is 2.88. The fraction of sp³-hybridized carbons (Fsp3) is 0.500. The van der Waals surface area contributed by atoms with E-state index >= 15 is 0 Å². The van der Waals surface area contributed by atoms with Crippen LogP contribution in [0.1, 0.15) is 55.2 Å². The number of carbonyl (C=O) groups excluding carboxylic acids is 1. The lowest BCUT2D eigenvalue weighted by Crippen LogP contribution is -2.59. The summed E-state index contributed by atoms with van der Waals surface area (Å²) in [5.74, 6) is -1.37. The minimum absolute atomic E-state index is 0.171. The number of pyridine rings is 1. The lowest BCUT2D eigenvalue weighted by molar-refractivity contribution is -0.148. The summed E-state index contributed by atoms with van der Waals surface area (Å²) >= 11 is 0. The summed E-state index contributed by atoms with van der Waals surface area (Å²) in [5, 5.41) is 17.1. The molecule has 0 aromatic carbocycles. The maximum atomic E-state index is 12.5. The van der Waals surface area contributed by atoms with Gasteiger partial charge in [0, 0.05) is 11.4 Å². The van der Waals surface area contributed by atoms with Gasteiger partial charge in [-0.3, -0.25) is 4.79 Å². The molecule has 1 aliphatic rings. The van der Waals surface area contributed by atoms with Crippen LogP contribution in [0.2, 0.25) is 0 Å². The van der Waals surface area contributed by atoms with Gasteiger partial charge in [-0.2, -0.15) is 5.10 Å². The standard InChI is InChI=1S/C16H20N4O3/c1-9(2)20-13-11(8-17-20)7-12(10(3)18-13)14(21)19-16(15(22)23)5-4-6-16/h7-9H,4-6H2,1-3H3,(H,19,21)(H,22,23). The Morgan fingerprint density at radius 3 is 2.61 bits per heavy atom. The molecule has 2 N–H and O–H groups in total. The highest BCUT2D eigenvalue weighted by molar-refractivity contribution is 6.01. The first-order valence-corrected chi connectivity index (χ1v) is 7.75. The molecule has 2 aromatic heterocycles. The van der Waals surface area contributed by atoms with Gasteiger partial charge in [-0.15, -0.1) is 0 Å². The number of nitrogens with zero attached hydrogens (tertiary/aromatic N) is 3. The number of aryl methyl sites for hydroxylation is 1. The molecule has 2 heterocycles. The van der Waals surface area contributed by atoms with E-state index in [9.17, 15) is 14.7 Å². The molecule has 0 radical (unpaired) electrons. The van der Waals surface area contributed by atoms with Crippen molar-refractivity contribution < 1.29 is 14.7 Å². The van der Waals surface area contributed by atoms with Crippen LogP contribution in [-0.2, 0) is 4.79 Å². The van der Waals surface area contributed by atoms with Crippen LogP contribution in [0.4, 0.5) is 0 Å². The Bertz CT molecular complexity index is 790.